The van der Waals surface area contributed by atoms with Crippen molar-refractivity contribution in [2.45, 2.75) is 32.6 Å². The van der Waals surface area contributed by atoms with Gasteiger partial charge in [0.25, 0.3) is 0 Å². The highest BCUT2D eigenvalue weighted by Crippen LogP contribution is 2.32. The number of hydrogen-bond acceptors (Lipinski definition) is 3. The zero-order valence-electron chi connectivity index (χ0n) is 13.5. The number of fused-ring (bicyclic) bond motifs is 1. The average molecular weight is 311 g/mol. The van der Waals surface area contributed by atoms with Crippen molar-refractivity contribution in [2.24, 2.45) is 0 Å². The van der Waals surface area contributed by atoms with Gasteiger partial charge in [-0.25, -0.2) is 0 Å². The number of ether oxygens (including phenoxy) is 2. The monoisotopic (exact) mass is 311 g/mol. The molecule has 0 aliphatic carbocycles. The van der Waals surface area contributed by atoms with Gasteiger partial charge in [0, 0.05) is 12.1 Å². The van der Waals surface area contributed by atoms with Crippen LogP contribution in [0.3, 0.4) is 0 Å². The Kier molecular flexibility index (Phi) is 4.51. The summed E-state index contributed by atoms with van der Waals surface area (Å²) < 4.78 is 10.6. The predicted octanol–water partition coefficient (Wildman–Crippen LogP) is 4.11. The minimum atomic E-state index is 0.0139. The summed E-state index contributed by atoms with van der Waals surface area (Å²) in [4.78, 5) is 12.1. The molecular weight excluding hydrogens is 290 g/mol. The van der Waals surface area contributed by atoms with Crippen LogP contribution in [0.1, 0.15) is 37.3 Å². The Bertz CT molecular complexity index is 692. The second-order valence-electron chi connectivity index (χ2n) is 6.01. The molecule has 1 heterocycles. The van der Waals surface area contributed by atoms with Crippen LogP contribution in [0.5, 0.6) is 11.5 Å². The molecule has 0 bridgehead atoms. The molecule has 4 heteroatoms. The Morgan fingerprint density at radius 2 is 1.83 bits per heavy atom. The fourth-order valence-corrected chi connectivity index (χ4v) is 2.53. The summed E-state index contributed by atoms with van der Waals surface area (Å²) in [6, 6.07) is 13.8. The Labute approximate surface area is 136 Å². The van der Waals surface area contributed by atoms with Crippen molar-refractivity contribution >= 4 is 11.6 Å². The van der Waals surface area contributed by atoms with Gasteiger partial charge in [-0.15, -0.1) is 0 Å². The van der Waals surface area contributed by atoms with E-state index in [4.69, 9.17) is 9.47 Å². The van der Waals surface area contributed by atoms with E-state index in [0.29, 0.717) is 18.8 Å². The summed E-state index contributed by atoms with van der Waals surface area (Å²) in [5.41, 5.74) is 3.17. The van der Waals surface area contributed by atoms with Gasteiger partial charge in [0.1, 0.15) is 0 Å². The van der Waals surface area contributed by atoms with Gasteiger partial charge in [-0.05, 0) is 47.7 Å². The van der Waals surface area contributed by atoms with E-state index in [0.717, 1.165) is 22.7 Å². The number of nitrogens with one attached hydrogen (secondary N) is 1. The van der Waals surface area contributed by atoms with Crippen molar-refractivity contribution in [3.05, 3.63) is 53.6 Å². The predicted molar refractivity (Wildman–Crippen MR) is 90.0 cm³/mol. The van der Waals surface area contributed by atoms with Gasteiger partial charge in [-0.1, -0.05) is 32.0 Å². The van der Waals surface area contributed by atoms with Crippen molar-refractivity contribution < 1.29 is 14.3 Å². The number of carbonyl (C=O) groups excluding carboxylic acids is 1. The van der Waals surface area contributed by atoms with E-state index in [1.807, 2.05) is 30.3 Å². The van der Waals surface area contributed by atoms with Gasteiger partial charge in [-0.2, -0.15) is 0 Å². The fraction of sp³-hybridized carbons (Fsp3) is 0.316. The van der Waals surface area contributed by atoms with Gasteiger partial charge in [0.05, 0.1) is 0 Å². The lowest BCUT2D eigenvalue weighted by Gasteiger charge is -2.08. The van der Waals surface area contributed by atoms with E-state index in [2.05, 4.69) is 31.3 Å². The summed E-state index contributed by atoms with van der Waals surface area (Å²) >= 11 is 0. The third-order valence-electron chi connectivity index (χ3n) is 3.94. The van der Waals surface area contributed by atoms with E-state index in [9.17, 15) is 4.79 Å². The molecule has 0 saturated heterocycles. The molecule has 0 saturated carbocycles. The zero-order chi connectivity index (χ0) is 16.2. The van der Waals surface area contributed by atoms with Crippen LogP contribution in [0.4, 0.5) is 5.69 Å². The third-order valence-corrected chi connectivity index (χ3v) is 3.94. The third kappa shape index (κ3) is 3.83. The number of carbonyl (C=O) groups is 1. The highest BCUT2D eigenvalue weighted by Gasteiger charge is 2.13. The van der Waals surface area contributed by atoms with Crippen LogP contribution in [0.15, 0.2) is 42.5 Å². The maximum Gasteiger partial charge on any atom is 0.231 e. The highest BCUT2D eigenvalue weighted by molar-refractivity contribution is 5.90. The maximum absolute atomic E-state index is 12.1. The molecule has 1 amide bonds. The summed E-state index contributed by atoms with van der Waals surface area (Å²) in [6.07, 6.45) is 1.11. The Hall–Kier alpha value is -2.49. The molecule has 0 radical (unpaired) electrons. The number of rotatable bonds is 5. The lowest BCUT2D eigenvalue weighted by atomic mass is 10.0. The van der Waals surface area contributed by atoms with Crippen LogP contribution in [0.25, 0.3) is 0 Å². The number of benzene rings is 2. The van der Waals surface area contributed by atoms with E-state index in [1.54, 1.807) is 0 Å². The quantitative estimate of drug-likeness (QED) is 0.904. The largest absolute Gasteiger partial charge is 0.454 e. The highest BCUT2D eigenvalue weighted by atomic mass is 16.7. The van der Waals surface area contributed by atoms with Crippen LogP contribution < -0.4 is 14.8 Å². The van der Waals surface area contributed by atoms with Gasteiger partial charge >= 0.3 is 0 Å². The van der Waals surface area contributed by atoms with Crippen molar-refractivity contribution in [3.63, 3.8) is 0 Å². The topological polar surface area (TPSA) is 47.6 Å². The minimum Gasteiger partial charge on any atom is -0.454 e. The number of anilines is 1. The standard InChI is InChI=1S/C19H21NO3/c1-13(2)15-5-7-16(8-6-15)20-19(21)10-4-14-3-9-17-18(11-14)23-12-22-17/h3,5-9,11,13H,4,10,12H2,1-2H3,(H,20,21). The molecule has 0 fully saturated rings. The van der Waals surface area contributed by atoms with Crippen LogP contribution in [0.2, 0.25) is 0 Å². The molecule has 3 rings (SSSR count). The zero-order valence-corrected chi connectivity index (χ0v) is 13.5. The van der Waals surface area contributed by atoms with E-state index in [-0.39, 0.29) is 12.7 Å². The second kappa shape index (κ2) is 6.73. The minimum absolute atomic E-state index is 0.0139. The van der Waals surface area contributed by atoms with E-state index >= 15 is 0 Å². The van der Waals surface area contributed by atoms with Crippen LogP contribution in [0, 0.1) is 0 Å². The smallest absolute Gasteiger partial charge is 0.231 e. The first-order chi connectivity index (χ1) is 11.1. The van der Waals surface area contributed by atoms with Gasteiger partial charge in [-0.3, -0.25) is 4.79 Å². The number of amides is 1. The molecule has 2 aromatic rings. The lowest BCUT2D eigenvalue weighted by molar-refractivity contribution is -0.116. The van der Waals surface area contributed by atoms with Crippen LogP contribution >= 0.6 is 0 Å². The maximum atomic E-state index is 12.1. The molecule has 1 aliphatic heterocycles. The molecule has 120 valence electrons. The first-order valence-corrected chi connectivity index (χ1v) is 7.90. The molecule has 1 aliphatic rings. The van der Waals surface area contributed by atoms with Gasteiger partial charge in [0.15, 0.2) is 11.5 Å². The van der Waals surface area contributed by atoms with E-state index in [1.165, 1.54) is 5.56 Å². The summed E-state index contributed by atoms with van der Waals surface area (Å²) in [5.74, 6) is 2.03. The lowest BCUT2D eigenvalue weighted by Crippen LogP contribution is -2.12. The van der Waals surface area contributed by atoms with Crippen LogP contribution in [-0.4, -0.2) is 12.7 Å². The molecule has 0 unspecified atom stereocenters. The normalized spacial score (nSPS) is 12.5. The van der Waals surface area contributed by atoms with Crippen LogP contribution in [-0.2, 0) is 11.2 Å². The van der Waals surface area contributed by atoms with Gasteiger partial charge in [0.2, 0.25) is 12.7 Å². The Morgan fingerprint density at radius 1 is 1.09 bits per heavy atom. The molecule has 23 heavy (non-hydrogen) atoms. The average Bonchev–Trinajstić information content (AvgIpc) is 3.01. The molecule has 4 nitrogen and oxygen atoms in total. The van der Waals surface area contributed by atoms with Gasteiger partial charge < -0.3 is 14.8 Å². The molecule has 2 aromatic carbocycles. The Balaban J connectivity index is 1.53. The molecule has 1 N–H and O–H groups in total. The van der Waals surface area contributed by atoms with Crippen molar-refractivity contribution in [2.75, 3.05) is 12.1 Å². The summed E-state index contributed by atoms with van der Waals surface area (Å²) in [5, 5.41) is 2.94. The van der Waals surface area contributed by atoms with E-state index < -0.39 is 0 Å². The summed E-state index contributed by atoms with van der Waals surface area (Å²) in [6.45, 7) is 4.57. The van der Waals surface area contributed by atoms with Crippen molar-refractivity contribution in [1.29, 1.82) is 0 Å². The summed E-state index contributed by atoms with van der Waals surface area (Å²) in [7, 11) is 0. The number of hydrogen-bond donors (Lipinski definition) is 1. The molecular formula is C19H21NO3. The van der Waals surface area contributed by atoms with Crippen molar-refractivity contribution in [3.8, 4) is 11.5 Å². The first-order valence-electron chi connectivity index (χ1n) is 7.90. The fourth-order valence-electron chi connectivity index (χ4n) is 2.53. The molecule has 0 spiro atoms. The SMILES string of the molecule is CC(C)c1ccc(NC(=O)CCc2ccc3c(c2)OCO3)cc1. The van der Waals surface area contributed by atoms with Crippen molar-refractivity contribution in [1.82, 2.24) is 0 Å². The second-order valence-corrected chi connectivity index (χ2v) is 6.01. The first kappa shape index (κ1) is 15.4. The Morgan fingerprint density at radius 3 is 2.57 bits per heavy atom. The molecule has 0 atom stereocenters. The number of aryl methyl sites for hydroxylation is 1. The molecule has 0 aromatic heterocycles.